The van der Waals surface area contributed by atoms with Crippen molar-refractivity contribution in [3.05, 3.63) is 59.7 Å². The first-order valence-corrected chi connectivity index (χ1v) is 6.22. The van der Waals surface area contributed by atoms with Gasteiger partial charge in [0, 0.05) is 11.1 Å². The molecule has 1 aliphatic carbocycles. The molecule has 2 heteroatoms. The van der Waals surface area contributed by atoms with Gasteiger partial charge >= 0.3 is 0 Å². The van der Waals surface area contributed by atoms with Gasteiger partial charge in [-0.25, -0.2) is 0 Å². The van der Waals surface area contributed by atoms with Crippen molar-refractivity contribution in [2.45, 2.75) is 13.8 Å². The first-order chi connectivity index (χ1) is 8.92. The highest BCUT2D eigenvalue weighted by Gasteiger charge is 2.24. The monoisotopic (exact) mass is 239 g/mol. The molecule has 0 spiro atoms. The Labute approximate surface area is 108 Å². The molecule has 0 radical (unpaired) electrons. The minimum absolute atomic E-state index is 0.925. The van der Waals surface area contributed by atoms with Gasteiger partial charge in [0.2, 0.25) is 0 Å². The minimum atomic E-state index is 0.925. The van der Waals surface area contributed by atoms with Crippen molar-refractivity contribution in [3.8, 4) is 11.1 Å². The number of nitrogens with zero attached hydrogens (tertiary/aromatic N) is 1. The normalized spacial score (nSPS) is 10.9. The summed E-state index contributed by atoms with van der Waals surface area (Å²) in [6.07, 6.45) is 0. The molecule has 0 aliphatic heterocycles. The van der Waals surface area contributed by atoms with Crippen LogP contribution in [-0.2, 0) is 4.84 Å². The summed E-state index contributed by atoms with van der Waals surface area (Å²) in [5.74, 6) is 0. The molecular formula is C16H17NO. The topological polar surface area (TPSA) is 21.6 Å². The molecule has 0 aromatic heterocycles. The third-order valence-corrected chi connectivity index (χ3v) is 2.84. The second kappa shape index (κ2) is 5.50. The summed E-state index contributed by atoms with van der Waals surface area (Å²) >= 11 is 0. The molecule has 18 heavy (non-hydrogen) atoms. The lowest BCUT2D eigenvalue weighted by Gasteiger charge is -1.98. The lowest BCUT2D eigenvalue weighted by molar-refractivity contribution is 0.214. The number of hydrogen-bond acceptors (Lipinski definition) is 2. The van der Waals surface area contributed by atoms with Crippen LogP contribution in [0.1, 0.15) is 25.0 Å². The standard InChI is InChI=1S/C14H11NO.C2H6/c1-16-15-14-12-8-4-2-6-10(12)11-7-3-5-9-13(11)14;1-2/h2-9H,1H3;1-2H3. The molecule has 0 saturated carbocycles. The van der Waals surface area contributed by atoms with Crippen molar-refractivity contribution in [2.24, 2.45) is 5.16 Å². The maximum absolute atomic E-state index is 4.93. The number of fused-ring (bicyclic) bond motifs is 3. The summed E-state index contributed by atoms with van der Waals surface area (Å²) in [4.78, 5) is 4.93. The van der Waals surface area contributed by atoms with E-state index < -0.39 is 0 Å². The van der Waals surface area contributed by atoms with E-state index in [-0.39, 0.29) is 0 Å². The van der Waals surface area contributed by atoms with Crippen molar-refractivity contribution in [2.75, 3.05) is 7.11 Å². The van der Waals surface area contributed by atoms with Gasteiger partial charge in [0.25, 0.3) is 0 Å². The zero-order chi connectivity index (χ0) is 13.0. The maximum atomic E-state index is 4.93. The van der Waals surface area contributed by atoms with Gasteiger partial charge in [-0.2, -0.15) is 0 Å². The fourth-order valence-electron chi connectivity index (χ4n) is 2.18. The van der Waals surface area contributed by atoms with E-state index in [1.54, 1.807) is 7.11 Å². The van der Waals surface area contributed by atoms with E-state index in [0.717, 1.165) is 16.8 Å². The number of benzene rings is 2. The predicted octanol–water partition coefficient (Wildman–Crippen LogP) is 4.09. The van der Waals surface area contributed by atoms with Gasteiger partial charge in [-0.15, -0.1) is 0 Å². The molecule has 0 unspecified atom stereocenters. The molecular weight excluding hydrogens is 222 g/mol. The number of rotatable bonds is 1. The summed E-state index contributed by atoms with van der Waals surface area (Å²) in [6.45, 7) is 4.00. The van der Waals surface area contributed by atoms with Crippen LogP contribution in [0.3, 0.4) is 0 Å². The first kappa shape index (κ1) is 12.4. The summed E-state index contributed by atoms with van der Waals surface area (Å²) in [6, 6.07) is 16.5. The van der Waals surface area contributed by atoms with E-state index in [1.165, 1.54) is 11.1 Å². The molecule has 2 aromatic rings. The Hall–Kier alpha value is -2.09. The van der Waals surface area contributed by atoms with Crippen LogP contribution in [0.2, 0.25) is 0 Å². The molecule has 92 valence electrons. The zero-order valence-corrected chi connectivity index (χ0v) is 11.0. The van der Waals surface area contributed by atoms with Crippen molar-refractivity contribution in [1.82, 2.24) is 0 Å². The lowest BCUT2D eigenvalue weighted by atomic mass is 10.1. The molecule has 2 nitrogen and oxygen atoms in total. The fourth-order valence-corrected chi connectivity index (χ4v) is 2.18. The molecule has 0 saturated heterocycles. The quantitative estimate of drug-likeness (QED) is 0.586. The van der Waals surface area contributed by atoms with E-state index in [4.69, 9.17) is 4.84 Å². The average Bonchev–Trinajstić information content (AvgIpc) is 2.77. The Morgan fingerprint density at radius 3 is 1.50 bits per heavy atom. The Morgan fingerprint density at radius 2 is 1.11 bits per heavy atom. The third-order valence-electron chi connectivity index (χ3n) is 2.84. The lowest BCUT2D eigenvalue weighted by Crippen LogP contribution is -1.98. The second-order valence-corrected chi connectivity index (χ2v) is 3.71. The van der Waals surface area contributed by atoms with Crippen LogP contribution in [0.15, 0.2) is 53.7 Å². The van der Waals surface area contributed by atoms with Crippen LogP contribution in [0.4, 0.5) is 0 Å². The van der Waals surface area contributed by atoms with Crippen molar-refractivity contribution < 1.29 is 4.84 Å². The molecule has 0 bridgehead atoms. The summed E-state index contributed by atoms with van der Waals surface area (Å²) in [7, 11) is 1.58. The van der Waals surface area contributed by atoms with Gasteiger partial charge in [0.05, 0.1) is 0 Å². The van der Waals surface area contributed by atoms with Crippen molar-refractivity contribution in [3.63, 3.8) is 0 Å². The van der Waals surface area contributed by atoms with Gasteiger partial charge in [0.15, 0.2) is 0 Å². The molecule has 2 aromatic carbocycles. The Bertz CT molecular complexity index is 525. The van der Waals surface area contributed by atoms with Gasteiger partial charge in [-0.3, -0.25) is 0 Å². The Morgan fingerprint density at radius 1 is 0.722 bits per heavy atom. The Balaban J connectivity index is 0.000000574. The number of hydrogen-bond donors (Lipinski definition) is 0. The van der Waals surface area contributed by atoms with Gasteiger partial charge < -0.3 is 4.84 Å². The van der Waals surface area contributed by atoms with E-state index in [0.29, 0.717) is 0 Å². The smallest absolute Gasteiger partial charge is 0.118 e. The third kappa shape index (κ3) is 1.90. The first-order valence-electron chi connectivity index (χ1n) is 6.22. The predicted molar refractivity (Wildman–Crippen MR) is 75.9 cm³/mol. The van der Waals surface area contributed by atoms with Crippen LogP contribution < -0.4 is 0 Å². The van der Waals surface area contributed by atoms with Gasteiger partial charge in [-0.1, -0.05) is 67.5 Å². The van der Waals surface area contributed by atoms with Crippen LogP contribution in [0.5, 0.6) is 0 Å². The highest BCUT2D eigenvalue weighted by molar-refractivity contribution is 6.24. The summed E-state index contributed by atoms with van der Waals surface area (Å²) in [5.41, 5.74) is 5.67. The van der Waals surface area contributed by atoms with Gasteiger partial charge in [-0.05, 0) is 11.1 Å². The second-order valence-electron chi connectivity index (χ2n) is 3.71. The van der Waals surface area contributed by atoms with E-state index in [1.807, 2.05) is 38.1 Å². The summed E-state index contributed by atoms with van der Waals surface area (Å²) in [5, 5.41) is 4.12. The number of oxime groups is 1. The highest BCUT2D eigenvalue weighted by atomic mass is 16.6. The maximum Gasteiger partial charge on any atom is 0.118 e. The Kier molecular flexibility index (Phi) is 3.78. The van der Waals surface area contributed by atoms with E-state index in [9.17, 15) is 0 Å². The molecule has 0 N–H and O–H groups in total. The summed E-state index contributed by atoms with van der Waals surface area (Å²) < 4.78 is 0. The zero-order valence-electron chi connectivity index (χ0n) is 11.0. The molecule has 0 amide bonds. The average molecular weight is 239 g/mol. The van der Waals surface area contributed by atoms with E-state index in [2.05, 4.69) is 29.4 Å². The largest absolute Gasteiger partial charge is 0.399 e. The van der Waals surface area contributed by atoms with Crippen molar-refractivity contribution in [1.29, 1.82) is 0 Å². The van der Waals surface area contributed by atoms with Crippen LogP contribution in [0.25, 0.3) is 11.1 Å². The molecule has 0 fully saturated rings. The SMILES string of the molecule is CC.CON=C1c2ccccc2-c2ccccc21. The van der Waals surface area contributed by atoms with E-state index >= 15 is 0 Å². The highest BCUT2D eigenvalue weighted by Crippen LogP contribution is 2.36. The van der Waals surface area contributed by atoms with Crippen LogP contribution in [0, 0.1) is 0 Å². The van der Waals surface area contributed by atoms with Crippen LogP contribution in [-0.4, -0.2) is 12.8 Å². The van der Waals surface area contributed by atoms with Gasteiger partial charge in [0.1, 0.15) is 12.8 Å². The molecule has 0 atom stereocenters. The molecule has 3 rings (SSSR count). The molecule has 1 aliphatic rings. The molecule has 0 heterocycles. The van der Waals surface area contributed by atoms with Crippen molar-refractivity contribution >= 4 is 5.71 Å². The fraction of sp³-hybridized carbons (Fsp3) is 0.188. The van der Waals surface area contributed by atoms with Crippen LogP contribution >= 0.6 is 0 Å². The minimum Gasteiger partial charge on any atom is -0.399 e.